The maximum Gasteiger partial charge on any atom is 0.137 e. The van der Waals surface area contributed by atoms with E-state index < -0.39 is 0 Å². The van der Waals surface area contributed by atoms with Crippen LogP contribution in [0.3, 0.4) is 0 Å². The van der Waals surface area contributed by atoms with Crippen LogP contribution in [-0.2, 0) is 5.41 Å². The third-order valence-electron chi connectivity index (χ3n) is 4.72. The Morgan fingerprint density at radius 3 is 2.79 bits per heavy atom. The number of nitrogens with zero attached hydrogens (tertiary/aromatic N) is 3. The first-order valence-electron chi connectivity index (χ1n) is 7.26. The van der Waals surface area contributed by atoms with Crippen molar-refractivity contribution in [2.45, 2.75) is 50.5 Å². The van der Waals surface area contributed by atoms with Gasteiger partial charge >= 0.3 is 0 Å². The molecule has 0 radical (unpaired) electrons. The Balaban J connectivity index is 2.06. The summed E-state index contributed by atoms with van der Waals surface area (Å²) < 4.78 is 2.08. The minimum atomic E-state index is 0.215. The van der Waals surface area contributed by atoms with Crippen LogP contribution in [0.2, 0.25) is 0 Å². The first kappa shape index (κ1) is 12.4. The minimum absolute atomic E-state index is 0.215. The SMILES string of the molecule is CCC1(c2ccccc2)CCCCC1n1cncn1. The van der Waals surface area contributed by atoms with Crippen LogP contribution in [0.4, 0.5) is 0 Å². The molecule has 0 saturated heterocycles. The number of hydrogen-bond donors (Lipinski definition) is 0. The summed E-state index contributed by atoms with van der Waals surface area (Å²) in [7, 11) is 0. The lowest BCUT2D eigenvalue weighted by Gasteiger charge is -2.44. The molecule has 2 unspecified atom stereocenters. The van der Waals surface area contributed by atoms with Gasteiger partial charge in [-0.2, -0.15) is 5.10 Å². The Morgan fingerprint density at radius 1 is 1.26 bits per heavy atom. The van der Waals surface area contributed by atoms with Gasteiger partial charge in [-0.05, 0) is 24.8 Å². The van der Waals surface area contributed by atoms with E-state index >= 15 is 0 Å². The van der Waals surface area contributed by atoms with Crippen LogP contribution in [0.1, 0.15) is 50.6 Å². The lowest BCUT2D eigenvalue weighted by Crippen LogP contribution is -2.39. The third-order valence-corrected chi connectivity index (χ3v) is 4.72. The van der Waals surface area contributed by atoms with Crippen molar-refractivity contribution < 1.29 is 0 Å². The van der Waals surface area contributed by atoms with Crippen molar-refractivity contribution >= 4 is 0 Å². The molecule has 1 aliphatic rings. The lowest BCUT2D eigenvalue weighted by atomic mass is 9.64. The van der Waals surface area contributed by atoms with Gasteiger partial charge in [0, 0.05) is 5.41 Å². The molecule has 3 rings (SSSR count). The second-order valence-electron chi connectivity index (χ2n) is 5.51. The molecular weight excluding hydrogens is 234 g/mol. The summed E-state index contributed by atoms with van der Waals surface area (Å²) in [6.45, 7) is 2.31. The topological polar surface area (TPSA) is 30.7 Å². The minimum Gasteiger partial charge on any atom is -0.249 e. The molecule has 19 heavy (non-hydrogen) atoms. The van der Waals surface area contributed by atoms with Gasteiger partial charge in [-0.3, -0.25) is 0 Å². The van der Waals surface area contributed by atoms with E-state index in [0.29, 0.717) is 6.04 Å². The second-order valence-corrected chi connectivity index (χ2v) is 5.51. The highest BCUT2D eigenvalue weighted by molar-refractivity contribution is 5.28. The van der Waals surface area contributed by atoms with E-state index in [4.69, 9.17) is 0 Å². The van der Waals surface area contributed by atoms with Crippen molar-refractivity contribution in [1.29, 1.82) is 0 Å². The Morgan fingerprint density at radius 2 is 2.11 bits per heavy atom. The first-order chi connectivity index (χ1) is 9.37. The molecule has 1 aliphatic carbocycles. The van der Waals surface area contributed by atoms with E-state index in [1.54, 1.807) is 6.33 Å². The maximum absolute atomic E-state index is 4.41. The standard InChI is InChI=1S/C16H21N3/c1-2-16(14-8-4-3-5-9-14)11-7-6-10-15(16)19-13-17-12-18-19/h3-5,8-9,12-13,15H,2,6-7,10-11H2,1H3. The van der Waals surface area contributed by atoms with Gasteiger partial charge in [0.1, 0.15) is 12.7 Å². The predicted octanol–water partition coefficient (Wildman–Crippen LogP) is 3.74. The molecule has 0 spiro atoms. The molecule has 1 saturated carbocycles. The van der Waals surface area contributed by atoms with Gasteiger partial charge in [-0.25, -0.2) is 9.67 Å². The molecule has 1 heterocycles. The van der Waals surface area contributed by atoms with Crippen molar-refractivity contribution in [2.24, 2.45) is 0 Å². The van der Waals surface area contributed by atoms with Crippen LogP contribution in [0.5, 0.6) is 0 Å². The summed E-state index contributed by atoms with van der Waals surface area (Å²) in [5, 5.41) is 4.41. The van der Waals surface area contributed by atoms with Gasteiger partial charge in [0.15, 0.2) is 0 Å². The predicted molar refractivity (Wildman–Crippen MR) is 75.9 cm³/mol. The lowest BCUT2D eigenvalue weighted by molar-refractivity contribution is 0.168. The summed E-state index contributed by atoms with van der Waals surface area (Å²) in [6, 6.07) is 11.4. The molecule has 0 N–H and O–H groups in total. The fourth-order valence-corrected chi connectivity index (χ4v) is 3.71. The fraction of sp³-hybridized carbons (Fsp3) is 0.500. The molecule has 0 amide bonds. The summed E-state index contributed by atoms with van der Waals surface area (Å²) >= 11 is 0. The second kappa shape index (κ2) is 5.16. The van der Waals surface area contributed by atoms with E-state index in [-0.39, 0.29) is 5.41 Å². The number of rotatable bonds is 3. The molecule has 1 aromatic carbocycles. The summed E-state index contributed by atoms with van der Waals surface area (Å²) in [5.74, 6) is 0. The Bertz CT molecular complexity index is 506. The molecule has 0 bridgehead atoms. The van der Waals surface area contributed by atoms with E-state index in [1.807, 2.05) is 6.33 Å². The van der Waals surface area contributed by atoms with Crippen LogP contribution < -0.4 is 0 Å². The largest absolute Gasteiger partial charge is 0.249 e. The molecule has 0 aliphatic heterocycles. The van der Waals surface area contributed by atoms with E-state index in [9.17, 15) is 0 Å². The van der Waals surface area contributed by atoms with Crippen molar-refractivity contribution in [1.82, 2.24) is 14.8 Å². The smallest absolute Gasteiger partial charge is 0.137 e. The van der Waals surface area contributed by atoms with Crippen LogP contribution in [0, 0.1) is 0 Å². The fourth-order valence-electron chi connectivity index (χ4n) is 3.71. The highest BCUT2D eigenvalue weighted by atomic mass is 15.3. The van der Waals surface area contributed by atoms with Crippen molar-refractivity contribution in [3.63, 3.8) is 0 Å². The van der Waals surface area contributed by atoms with Gasteiger partial charge in [0.05, 0.1) is 6.04 Å². The van der Waals surface area contributed by atoms with Gasteiger partial charge < -0.3 is 0 Å². The van der Waals surface area contributed by atoms with E-state index in [0.717, 1.165) is 6.42 Å². The van der Waals surface area contributed by atoms with Crippen LogP contribution in [-0.4, -0.2) is 14.8 Å². The number of benzene rings is 1. The van der Waals surface area contributed by atoms with Gasteiger partial charge in [-0.15, -0.1) is 0 Å². The summed E-state index contributed by atoms with van der Waals surface area (Å²) in [4.78, 5) is 4.14. The Kier molecular flexibility index (Phi) is 3.36. The molecule has 1 fully saturated rings. The quantitative estimate of drug-likeness (QED) is 0.836. The summed E-state index contributed by atoms with van der Waals surface area (Å²) in [5.41, 5.74) is 1.67. The van der Waals surface area contributed by atoms with Gasteiger partial charge in [0.25, 0.3) is 0 Å². The molecule has 3 heteroatoms. The third kappa shape index (κ3) is 2.07. The zero-order chi connectivity index (χ0) is 13.1. The Labute approximate surface area is 114 Å². The number of hydrogen-bond acceptors (Lipinski definition) is 2. The molecular formula is C16H21N3. The summed E-state index contributed by atoms with van der Waals surface area (Å²) in [6.07, 6.45) is 9.74. The van der Waals surface area contributed by atoms with Crippen LogP contribution in [0.15, 0.2) is 43.0 Å². The van der Waals surface area contributed by atoms with Crippen LogP contribution in [0.25, 0.3) is 0 Å². The normalized spacial score (nSPS) is 27.3. The van der Waals surface area contributed by atoms with Crippen LogP contribution >= 0.6 is 0 Å². The van der Waals surface area contributed by atoms with Crippen molar-refractivity contribution in [2.75, 3.05) is 0 Å². The highest BCUT2D eigenvalue weighted by Gasteiger charge is 2.42. The van der Waals surface area contributed by atoms with Crippen molar-refractivity contribution in [3.05, 3.63) is 48.5 Å². The molecule has 3 nitrogen and oxygen atoms in total. The van der Waals surface area contributed by atoms with E-state index in [2.05, 4.69) is 52.0 Å². The molecule has 2 aromatic rings. The highest BCUT2D eigenvalue weighted by Crippen LogP contribution is 2.48. The zero-order valence-corrected chi connectivity index (χ0v) is 11.5. The number of aromatic nitrogens is 3. The van der Waals surface area contributed by atoms with Gasteiger partial charge in [-0.1, -0.05) is 50.1 Å². The Hall–Kier alpha value is -1.64. The molecule has 2 atom stereocenters. The zero-order valence-electron chi connectivity index (χ0n) is 11.5. The average molecular weight is 255 g/mol. The first-order valence-corrected chi connectivity index (χ1v) is 7.26. The average Bonchev–Trinajstić information content (AvgIpc) is 3.02. The monoisotopic (exact) mass is 255 g/mol. The van der Waals surface area contributed by atoms with Crippen molar-refractivity contribution in [3.8, 4) is 0 Å². The molecule has 100 valence electrons. The van der Waals surface area contributed by atoms with Gasteiger partial charge in [0.2, 0.25) is 0 Å². The maximum atomic E-state index is 4.41. The van der Waals surface area contributed by atoms with E-state index in [1.165, 1.54) is 31.2 Å². The molecule has 1 aromatic heterocycles.